The van der Waals surface area contributed by atoms with Crippen molar-refractivity contribution in [2.45, 2.75) is 13.0 Å². The number of para-hydroxylation sites is 2. The summed E-state index contributed by atoms with van der Waals surface area (Å²) in [6.45, 7) is 6.07. The van der Waals surface area contributed by atoms with Crippen molar-refractivity contribution in [3.63, 3.8) is 0 Å². The molecule has 1 fully saturated rings. The molecule has 1 amide bonds. The highest BCUT2D eigenvalue weighted by Gasteiger charge is 2.31. The van der Waals surface area contributed by atoms with Crippen molar-refractivity contribution >= 4 is 11.6 Å². The summed E-state index contributed by atoms with van der Waals surface area (Å²) in [6.07, 6.45) is 0. The van der Waals surface area contributed by atoms with Crippen LogP contribution in [0, 0.1) is 0 Å². The molecule has 144 valence electrons. The van der Waals surface area contributed by atoms with Gasteiger partial charge in [0.1, 0.15) is 11.8 Å². The zero-order chi connectivity index (χ0) is 19.2. The first-order chi connectivity index (χ1) is 13.1. The topological polar surface area (TPSA) is 36.0 Å². The molecule has 27 heavy (non-hydrogen) atoms. The molecule has 1 heterocycles. The van der Waals surface area contributed by atoms with E-state index in [1.165, 1.54) is 0 Å². The van der Waals surface area contributed by atoms with Gasteiger partial charge in [0, 0.05) is 40.3 Å². The number of carbonyl (C=O) groups excluding carboxylic acids is 1. The van der Waals surface area contributed by atoms with Crippen LogP contribution in [-0.2, 0) is 4.79 Å². The fourth-order valence-electron chi connectivity index (χ4n) is 3.61. The van der Waals surface area contributed by atoms with Crippen LogP contribution in [0.4, 0.5) is 5.69 Å². The van der Waals surface area contributed by atoms with Gasteiger partial charge in [-0.1, -0.05) is 42.5 Å². The van der Waals surface area contributed by atoms with Gasteiger partial charge in [-0.15, -0.1) is 0 Å². The first kappa shape index (κ1) is 19.2. The van der Waals surface area contributed by atoms with Gasteiger partial charge < -0.3 is 14.5 Å². The van der Waals surface area contributed by atoms with Crippen molar-refractivity contribution in [2.75, 3.05) is 51.8 Å². The molecule has 1 aliphatic heterocycles. The van der Waals surface area contributed by atoms with Crippen molar-refractivity contribution in [2.24, 2.45) is 0 Å². The zero-order valence-corrected chi connectivity index (χ0v) is 16.5. The summed E-state index contributed by atoms with van der Waals surface area (Å²) in [5.74, 6) is 1.06. The van der Waals surface area contributed by atoms with Gasteiger partial charge in [0.25, 0.3) is 0 Å². The molecule has 5 nitrogen and oxygen atoms in total. The minimum Gasteiger partial charge on any atom is -0.492 e. The lowest BCUT2D eigenvalue weighted by atomic mass is 10.0. The van der Waals surface area contributed by atoms with Gasteiger partial charge in [0.05, 0.1) is 12.3 Å². The molecule has 0 aliphatic carbocycles. The van der Waals surface area contributed by atoms with Crippen molar-refractivity contribution < 1.29 is 9.53 Å². The number of amides is 1. The predicted molar refractivity (Wildman–Crippen MR) is 109 cm³/mol. The lowest BCUT2D eigenvalue weighted by molar-refractivity contribution is -0.134. The van der Waals surface area contributed by atoms with E-state index in [9.17, 15) is 4.79 Å². The Morgan fingerprint density at radius 3 is 2.26 bits per heavy atom. The molecule has 0 spiro atoms. The Morgan fingerprint density at radius 1 is 1.00 bits per heavy atom. The quantitative estimate of drug-likeness (QED) is 0.786. The fraction of sp³-hybridized carbons (Fsp3) is 0.409. The molecule has 0 saturated carbocycles. The number of carbonyl (C=O) groups is 1. The maximum Gasteiger partial charge on any atom is 0.244 e. The smallest absolute Gasteiger partial charge is 0.244 e. The number of anilines is 1. The Morgan fingerprint density at radius 2 is 1.63 bits per heavy atom. The minimum absolute atomic E-state index is 0.129. The second kappa shape index (κ2) is 8.91. The predicted octanol–water partition coefficient (Wildman–Crippen LogP) is 3.04. The zero-order valence-electron chi connectivity index (χ0n) is 16.5. The third kappa shape index (κ3) is 4.42. The average molecular weight is 367 g/mol. The molecule has 0 unspecified atom stereocenters. The molecule has 2 aromatic rings. The highest BCUT2D eigenvalue weighted by Crippen LogP contribution is 2.31. The van der Waals surface area contributed by atoms with Gasteiger partial charge >= 0.3 is 0 Å². The highest BCUT2D eigenvalue weighted by molar-refractivity contribution is 5.83. The van der Waals surface area contributed by atoms with Gasteiger partial charge in [0.15, 0.2) is 0 Å². The SMILES string of the molecule is CCOc1ccccc1N1CCN([C@H](C(=O)N(C)C)c2ccccc2)CC1. The van der Waals surface area contributed by atoms with Crippen LogP contribution in [0.3, 0.4) is 0 Å². The fourth-order valence-corrected chi connectivity index (χ4v) is 3.61. The molecule has 0 N–H and O–H groups in total. The van der Waals surface area contributed by atoms with Gasteiger partial charge in [-0.2, -0.15) is 0 Å². The maximum absolute atomic E-state index is 12.9. The van der Waals surface area contributed by atoms with E-state index in [1.807, 2.05) is 69.6 Å². The number of ether oxygens (including phenoxy) is 1. The standard InChI is InChI=1S/C22H29N3O2/c1-4-27-20-13-9-8-12-19(20)24-14-16-25(17-15-24)21(22(26)23(2)3)18-10-6-5-7-11-18/h5-13,21H,4,14-17H2,1-3H3/t21-/m0/s1. The average Bonchev–Trinajstić information content (AvgIpc) is 2.70. The Kier molecular flexibility index (Phi) is 6.35. The number of likely N-dealkylation sites (N-methyl/N-ethyl adjacent to an activating group) is 1. The monoisotopic (exact) mass is 367 g/mol. The van der Waals surface area contributed by atoms with E-state index in [1.54, 1.807) is 4.90 Å². The third-order valence-corrected chi connectivity index (χ3v) is 4.98. The molecule has 3 rings (SSSR count). The molecule has 0 radical (unpaired) electrons. The first-order valence-electron chi connectivity index (χ1n) is 9.58. The first-order valence-corrected chi connectivity index (χ1v) is 9.58. The molecule has 0 bridgehead atoms. The Balaban J connectivity index is 1.76. The van der Waals surface area contributed by atoms with E-state index in [0.717, 1.165) is 43.2 Å². The minimum atomic E-state index is -0.231. The summed E-state index contributed by atoms with van der Waals surface area (Å²) in [5.41, 5.74) is 2.19. The van der Waals surface area contributed by atoms with E-state index in [-0.39, 0.29) is 11.9 Å². The molecule has 2 aromatic carbocycles. The van der Waals surface area contributed by atoms with Crippen molar-refractivity contribution in [1.82, 2.24) is 9.80 Å². The number of hydrogen-bond acceptors (Lipinski definition) is 4. The largest absolute Gasteiger partial charge is 0.492 e. The number of rotatable bonds is 6. The van der Waals surface area contributed by atoms with Crippen LogP contribution in [0.1, 0.15) is 18.5 Å². The molecule has 1 saturated heterocycles. The summed E-state index contributed by atoms with van der Waals surface area (Å²) in [6, 6.07) is 18.0. The van der Waals surface area contributed by atoms with Crippen LogP contribution in [0.5, 0.6) is 5.75 Å². The number of piperazine rings is 1. The van der Waals surface area contributed by atoms with Crippen LogP contribution < -0.4 is 9.64 Å². The Hall–Kier alpha value is -2.53. The second-order valence-corrected chi connectivity index (χ2v) is 6.97. The van der Waals surface area contributed by atoms with Gasteiger partial charge in [-0.05, 0) is 24.6 Å². The molecule has 5 heteroatoms. The van der Waals surface area contributed by atoms with Gasteiger partial charge in [-0.3, -0.25) is 9.69 Å². The molecule has 1 atom stereocenters. The Bertz CT molecular complexity index is 740. The van der Waals surface area contributed by atoms with Crippen LogP contribution in [0.2, 0.25) is 0 Å². The molecule has 0 aromatic heterocycles. The number of nitrogens with zero attached hydrogens (tertiary/aromatic N) is 3. The molecular formula is C22H29N3O2. The summed E-state index contributed by atoms with van der Waals surface area (Å²) in [7, 11) is 3.65. The summed E-state index contributed by atoms with van der Waals surface area (Å²) in [5, 5.41) is 0. The van der Waals surface area contributed by atoms with Crippen molar-refractivity contribution in [3.05, 3.63) is 60.2 Å². The lowest BCUT2D eigenvalue weighted by Crippen LogP contribution is -2.51. The van der Waals surface area contributed by atoms with E-state index in [0.29, 0.717) is 6.61 Å². The summed E-state index contributed by atoms with van der Waals surface area (Å²) < 4.78 is 5.79. The van der Waals surface area contributed by atoms with E-state index >= 15 is 0 Å². The Labute approximate surface area is 162 Å². The van der Waals surface area contributed by atoms with E-state index in [2.05, 4.69) is 15.9 Å². The van der Waals surface area contributed by atoms with Crippen LogP contribution in [-0.4, -0.2) is 62.6 Å². The van der Waals surface area contributed by atoms with E-state index < -0.39 is 0 Å². The molecular weight excluding hydrogens is 338 g/mol. The van der Waals surface area contributed by atoms with Crippen LogP contribution >= 0.6 is 0 Å². The number of hydrogen-bond donors (Lipinski definition) is 0. The maximum atomic E-state index is 12.9. The van der Waals surface area contributed by atoms with Gasteiger partial charge in [-0.25, -0.2) is 0 Å². The normalized spacial score (nSPS) is 16.0. The van der Waals surface area contributed by atoms with Gasteiger partial charge in [0.2, 0.25) is 5.91 Å². The van der Waals surface area contributed by atoms with Crippen LogP contribution in [0.25, 0.3) is 0 Å². The van der Waals surface area contributed by atoms with Crippen LogP contribution in [0.15, 0.2) is 54.6 Å². The second-order valence-electron chi connectivity index (χ2n) is 6.97. The third-order valence-electron chi connectivity index (χ3n) is 4.98. The van der Waals surface area contributed by atoms with Crippen molar-refractivity contribution in [1.29, 1.82) is 0 Å². The number of benzene rings is 2. The summed E-state index contributed by atoms with van der Waals surface area (Å²) in [4.78, 5) is 19.2. The molecule has 1 aliphatic rings. The summed E-state index contributed by atoms with van der Waals surface area (Å²) >= 11 is 0. The van der Waals surface area contributed by atoms with Crippen molar-refractivity contribution in [3.8, 4) is 5.75 Å². The van der Waals surface area contributed by atoms with E-state index in [4.69, 9.17) is 4.74 Å². The lowest BCUT2D eigenvalue weighted by Gasteiger charge is -2.40. The highest BCUT2D eigenvalue weighted by atomic mass is 16.5.